The number of aromatic nitrogens is 4. The maximum Gasteiger partial charge on any atom is 0.511 e. The van der Waals surface area contributed by atoms with Gasteiger partial charge in [0.05, 0.1) is 12.4 Å². The lowest BCUT2D eigenvalue weighted by Gasteiger charge is -2.27. The zero-order valence-electron chi connectivity index (χ0n) is 18.7. The quantitative estimate of drug-likeness (QED) is 0.464. The van der Waals surface area contributed by atoms with Crippen molar-refractivity contribution in [3.8, 4) is 0 Å². The van der Waals surface area contributed by atoms with Gasteiger partial charge in [0.1, 0.15) is 29.7 Å². The van der Waals surface area contributed by atoms with Crippen molar-refractivity contribution in [1.82, 2.24) is 19.5 Å². The first-order chi connectivity index (χ1) is 14.8. The van der Waals surface area contributed by atoms with E-state index in [0.29, 0.717) is 29.8 Å². The van der Waals surface area contributed by atoms with Crippen molar-refractivity contribution in [2.24, 2.45) is 0 Å². The van der Waals surface area contributed by atoms with Gasteiger partial charge in [-0.2, -0.15) is 0 Å². The van der Waals surface area contributed by atoms with Gasteiger partial charge in [0, 0.05) is 13.5 Å². The second-order valence-corrected chi connectivity index (χ2v) is 9.68. The smallest absolute Gasteiger partial charge is 0.388 e. The standard InChI is InChI=1S/C20H33N5O5P/c1-6-12(7-2)31(28)30-20(4,8-3)9-13-15(26)16(27)19(29-13)25-11-24-14-17(21-5)22-10-23-18(14)25/h10-13,15-16,19,26-27H,6-9H2,1-5H3,(H,21,22,23)/q+1/t13-,15-,16-,19?,20?/m1/s1. The average molecular weight is 454 g/mol. The molecule has 0 saturated carbocycles. The molecule has 1 fully saturated rings. The number of ether oxygens (including phenoxy) is 1. The molecule has 3 heterocycles. The van der Waals surface area contributed by atoms with Crippen molar-refractivity contribution < 1.29 is 24.0 Å². The maximum atomic E-state index is 12.7. The molecular weight excluding hydrogens is 421 g/mol. The molecule has 0 amide bonds. The summed E-state index contributed by atoms with van der Waals surface area (Å²) in [6.07, 6.45) is 1.49. The molecule has 3 N–H and O–H groups in total. The van der Waals surface area contributed by atoms with Crippen molar-refractivity contribution in [3.05, 3.63) is 12.7 Å². The van der Waals surface area contributed by atoms with E-state index in [4.69, 9.17) is 9.26 Å². The summed E-state index contributed by atoms with van der Waals surface area (Å²) in [4.78, 5) is 12.7. The molecule has 0 spiro atoms. The SMILES string of the molecule is CCC(CC)[P+](=O)OC(C)(CC)C[C@H]1OC(n2cnc3c(NC)ncnc32)[C@H](O)[C@@H]1O. The van der Waals surface area contributed by atoms with E-state index in [9.17, 15) is 14.8 Å². The predicted molar refractivity (Wildman–Crippen MR) is 117 cm³/mol. The van der Waals surface area contributed by atoms with Crippen molar-refractivity contribution in [2.45, 2.75) is 89.2 Å². The van der Waals surface area contributed by atoms with Crippen molar-refractivity contribution >= 4 is 25.0 Å². The summed E-state index contributed by atoms with van der Waals surface area (Å²) in [5.74, 6) is 0.561. The van der Waals surface area contributed by atoms with Gasteiger partial charge >= 0.3 is 8.03 Å². The number of anilines is 1. The minimum absolute atomic E-state index is 0.00741. The first-order valence-corrected chi connectivity index (χ1v) is 12.1. The van der Waals surface area contributed by atoms with Crippen LogP contribution in [0.15, 0.2) is 12.7 Å². The summed E-state index contributed by atoms with van der Waals surface area (Å²) in [6, 6.07) is 0. The van der Waals surface area contributed by atoms with Gasteiger partial charge in [-0.05, 0) is 30.8 Å². The molecule has 6 atom stereocenters. The minimum Gasteiger partial charge on any atom is -0.388 e. The number of nitrogens with zero attached hydrogens (tertiary/aromatic N) is 4. The number of aliphatic hydroxyl groups is 2. The Labute approximate surface area is 183 Å². The minimum atomic E-state index is -1.85. The van der Waals surface area contributed by atoms with E-state index in [1.807, 2.05) is 27.7 Å². The van der Waals surface area contributed by atoms with Crippen LogP contribution in [-0.4, -0.2) is 66.4 Å². The fourth-order valence-corrected chi connectivity index (χ4v) is 5.28. The van der Waals surface area contributed by atoms with Crippen molar-refractivity contribution in [2.75, 3.05) is 12.4 Å². The Morgan fingerprint density at radius 2 is 1.97 bits per heavy atom. The third-order valence-electron chi connectivity index (χ3n) is 6.14. The van der Waals surface area contributed by atoms with Crippen LogP contribution in [-0.2, 0) is 13.8 Å². The molecule has 172 valence electrons. The van der Waals surface area contributed by atoms with E-state index in [2.05, 4.69) is 20.3 Å². The fraction of sp³-hybridized carbons (Fsp3) is 0.750. The van der Waals surface area contributed by atoms with Gasteiger partial charge in [-0.15, -0.1) is 4.52 Å². The third-order valence-corrected chi connectivity index (χ3v) is 8.09. The summed E-state index contributed by atoms with van der Waals surface area (Å²) in [5, 5.41) is 24.4. The summed E-state index contributed by atoms with van der Waals surface area (Å²) >= 11 is 0. The van der Waals surface area contributed by atoms with E-state index in [-0.39, 0.29) is 5.66 Å². The number of hydrogen-bond donors (Lipinski definition) is 3. The van der Waals surface area contributed by atoms with E-state index >= 15 is 0 Å². The van der Waals surface area contributed by atoms with Gasteiger partial charge in [0.25, 0.3) is 0 Å². The molecule has 10 nitrogen and oxygen atoms in total. The highest BCUT2D eigenvalue weighted by Crippen LogP contribution is 2.43. The van der Waals surface area contributed by atoms with Crippen molar-refractivity contribution in [1.29, 1.82) is 0 Å². The molecule has 0 aromatic carbocycles. The normalized spacial score (nSPS) is 26.4. The Bertz CT molecular complexity index is 907. The molecule has 0 bridgehead atoms. The number of rotatable bonds is 10. The third kappa shape index (κ3) is 4.73. The first kappa shape index (κ1) is 23.9. The van der Waals surface area contributed by atoms with Gasteiger partial charge in [-0.25, -0.2) is 15.0 Å². The highest BCUT2D eigenvalue weighted by Gasteiger charge is 2.49. The molecule has 11 heteroatoms. The molecule has 3 unspecified atom stereocenters. The second-order valence-electron chi connectivity index (χ2n) is 8.20. The van der Waals surface area contributed by atoms with Gasteiger partial charge < -0.3 is 20.3 Å². The van der Waals surface area contributed by atoms with Crippen LogP contribution in [0.2, 0.25) is 0 Å². The number of imidazole rings is 1. The van der Waals surface area contributed by atoms with Crippen molar-refractivity contribution in [3.63, 3.8) is 0 Å². The fourth-order valence-electron chi connectivity index (χ4n) is 3.90. The van der Waals surface area contributed by atoms with Crippen LogP contribution in [0, 0.1) is 0 Å². The molecule has 0 aliphatic carbocycles. The Morgan fingerprint density at radius 1 is 1.26 bits per heavy atom. The van der Waals surface area contributed by atoms with E-state index in [0.717, 1.165) is 12.8 Å². The average Bonchev–Trinajstić information content (AvgIpc) is 3.30. The van der Waals surface area contributed by atoms with Crippen LogP contribution in [0.1, 0.15) is 59.6 Å². The molecule has 31 heavy (non-hydrogen) atoms. The largest absolute Gasteiger partial charge is 0.511 e. The highest BCUT2D eigenvalue weighted by molar-refractivity contribution is 7.40. The molecule has 3 rings (SSSR count). The van der Waals surface area contributed by atoms with Crippen LogP contribution in [0.5, 0.6) is 0 Å². The molecule has 0 radical (unpaired) electrons. The van der Waals surface area contributed by atoms with Gasteiger partial charge in [-0.1, -0.05) is 20.8 Å². The van der Waals surface area contributed by atoms with Crippen LogP contribution in [0.4, 0.5) is 5.82 Å². The molecule has 1 saturated heterocycles. The Balaban J connectivity index is 1.79. The van der Waals surface area contributed by atoms with E-state index in [1.54, 1.807) is 11.6 Å². The highest BCUT2D eigenvalue weighted by atomic mass is 31.1. The molecule has 1 aliphatic heterocycles. The summed E-state index contributed by atoms with van der Waals surface area (Å²) < 4.78 is 26.4. The zero-order valence-corrected chi connectivity index (χ0v) is 19.6. The van der Waals surface area contributed by atoms with Crippen LogP contribution in [0.3, 0.4) is 0 Å². The zero-order chi connectivity index (χ0) is 22.8. The van der Waals surface area contributed by atoms with Crippen LogP contribution in [0.25, 0.3) is 11.2 Å². The van der Waals surface area contributed by atoms with Gasteiger partial charge in [-0.3, -0.25) is 4.57 Å². The predicted octanol–water partition coefficient (Wildman–Crippen LogP) is 2.99. The summed E-state index contributed by atoms with van der Waals surface area (Å²) in [6.45, 7) is 7.82. The monoisotopic (exact) mass is 454 g/mol. The summed E-state index contributed by atoms with van der Waals surface area (Å²) in [5.41, 5.74) is 0.270. The summed E-state index contributed by atoms with van der Waals surface area (Å²) in [7, 11) is -0.113. The second kappa shape index (κ2) is 9.83. The van der Waals surface area contributed by atoms with Gasteiger partial charge in [0.2, 0.25) is 0 Å². The van der Waals surface area contributed by atoms with E-state index < -0.39 is 38.2 Å². The maximum absolute atomic E-state index is 12.7. The molecule has 1 aliphatic rings. The van der Waals surface area contributed by atoms with Gasteiger partial charge in [0.15, 0.2) is 23.4 Å². The molecular formula is C20H33N5O5P+. The lowest BCUT2D eigenvalue weighted by Crippen LogP contribution is -2.38. The molecule has 2 aromatic heterocycles. The number of fused-ring (bicyclic) bond motifs is 1. The molecule has 2 aromatic rings. The Morgan fingerprint density at radius 3 is 2.58 bits per heavy atom. The first-order valence-electron chi connectivity index (χ1n) is 10.8. The number of aliphatic hydroxyl groups excluding tert-OH is 2. The number of hydrogen-bond acceptors (Lipinski definition) is 9. The lowest BCUT2D eigenvalue weighted by molar-refractivity contribution is -0.0622. The Kier molecular flexibility index (Phi) is 7.59. The van der Waals surface area contributed by atoms with Crippen LogP contribution < -0.4 is 5.32 Å². The van der Waals surface area contributed by atoms with Crippen LogP contribution >= 0.6 is 8.03 Å². The lowest BCUT2D eigenvalue weighted by atomic mass is 9.93. The number of nitrogens with one attached hydrogen (secondary N) is 1. The Hall–Kier alpha value is -1.71. The topological polar surface area (TPSA) is 132 Å². The van der Waals surface area contributed by atoms with E-state index in [1.165, 1.54) is 12.7 Å².